The van der Waals surface area contributed by atoms with Crippen LogP contribution < -0.4 is 0 Å². The molecule has 2 aromatic heterocycles. The number of pyridine rings is 1. The number of alkyl halides is 3. The van der Waals surface area contributed by atoms with E-state index in [1.165, 1.54) is 17.1 Å². The van der Waals surface area contributed by atoms with Gasteiger partial charge in [0, 0.05) is 18.0 Å². The fraction of sp³-hybridized carbons (Fsp3) is 0.167. The SMILES string of the molecule is Cc1cn(-c2cc(Cc3cc(F)cc(C(F)(F)F)c3)ccn2)nc1C(=O)O. The van der Waals surface area contributed by atoms with Gasteiger partial charge >= 0.3 is 12.1 Å². The number of nitrogens with zero attached hydrogens (tertiary/aromatic N) is 3. The van der Waals surface area contributed by atoms with Gasteiger partial charge in [-0.1, -0.05) is 0 Å². The van der Waals surface area contributed by atoms with E-state index >= 15 is 0 Å². The van der Waals surface area contributed by atoms with Crippen LogP contribution in [0.2, 0.25) is 0 Å². The van der Waals surface area contributed by atoms with Crippen LogP contribution in [0.4, 0.5) is 17.6 Å². The van der Waals surface area contributed by atoms with Gasteiger partial charge in [-0.15, -0.1) is 0 Å². The second kappa shape index (κ2) is 6.82. The predicted octanol–water partition coefficient (Wildman–Crippen LogP) is 4.02. The highest BCUT2D eigenvalue weighted by Crippen LogP contribution is 2.31. The van der Waals surface area contributed by atoms with E-state index in [9.17, 15) is 22.4 Å². The third-order valence-corrected chi connectivity index (χ3v) is 3.84. The molecule has 0 aliphatic heterocycles. The Morgan fingerprint density at radius 3 is 2.56 bits per heavy atom. The Hall–Kier alpha value is -3.23. The molecule has 140 valence electrons. The summed E-state index contributed by atoms with van der Waals surface area (Å²) in [6.45, 7) is 1.59. The normalized spacial score (nSPS) is 11.6. The number of carbonyl (C=O) groups is 1. The molecule has 0 aliphatic carbocycles. The summed E-state index contributed by atoms with van der Waals surface area (Å²) in [5.41, 5.74) is -0.0107. The van der Waals surface area contributed by atoms with Gasteiger partial charge < -0.3 is 5.11 Å². The van der Waals surface area contributed by atoms with Crippen molar-refractivity contribution >= 4 is 5.97 Å². The number of carboxylic acid groups (broad SMARTS) is 1. The van der Waals surface area contributed by atoms with Gasteiger partial charge in [-0.05, 0) is 54.8 Å². The summed E-state index contributed by atoms with van der Waals surface area (Å²) in [4.78, 5) is 15.2. The zero-order valence-corrected chi connectivity index (χ0v) is 14.0. The smallest absolute Gasteiger partial charge is 0.416 e. The number of carboxylic acids is 1. The second-order valence-electron chi connectivity index (χ2n) is 5.96. The van der Waals surface area contributed by atoms with Crippen LogP contribution in [-0.2, 0) is 12.6 Å². The van der Waals surface area contributed by atoms with E-state index < -0.39 is 23.5 Å². The van der Waals surface area contributed by atoms with Crippen LogP contribution in [0.3, 0.4) is 0 Å². The van der Waals surface area contributed by atoms with Crippen LogP contribution in [0.25, 0.3) is 5.82 Å². The zero-order chi connectivity index (χ0) is 19.8. The summed E-state index contributed by atoms with van der Waals surface area (Å²) in [6.07, 6.45) is -1.69. The Kier molecular flexibility index (Phi) is 4.69. The van der Waals surface area contributed by atoms with Crippen molar-refractivity contribution in [2.45, 2.75) is 19.5 Å². The molecular formula is C18H13F4N3O2. The minimum absolute atomic E-state index is 0.0440. The first-order chi connectivity index (χ1) is 12.6. The third-order valence-electron chi connectivity index (χ3n) is 3.84. The van der Waals surface area contributed by atoms with E-state index in [0.29, 0.717) is 23.0 Å². The molecule has 0 saturated heterocycles. The van der Waals surface area contributed by atoms with Gasteiger partial charge in [0.2, 0.25) is 0 Å². The minimum Gasteiger partial charge on any atom is -0.476 e. The molecule has 0 amide bonds. The van der Waals surface area contributed by atoms with Gasteiger partial charge in [0.15, 0.2) is 11.5 Å². The highest BCUT2D eigenvalue weighted by molar-refractivity contribution is 5.86. The molecule has 0 saturated carbocycles. The van der Waals surface area contributed by atoms with Crippen molar-refractivity contribution in [1.82, 2.24) is 14.8 Å². The summed E-state index contributed by atoms with van der Waals surface area (Å²) in [7, 11) is 0. The van der Waals surface area contributed by atoms with Crippen molar-refractivity contribution in [1.29, 1.82) is 0 Å². The quantitative estimate of drug-likeness (QED) is 0.695. The fourth-order valence-electron chi connectivity index (χ4n) is 2.64. The van der Waals surface area contributed by atoms with Gasteiger partial charge in [0.25, 0.3) is 0 Å². The largest absolute Gasteiger partial charge is 0.476 e. The monoisotopic (exact) mass is 379 g/mol. The molecule has 0 bridgehead atoms. The Morgan fingerprint density at radius 1 is 1.19 bits per heavy atom. The molecule has 27 heavy (non-hydrogen) atoms. The molecule has 0 fully saturated rings. The van der Waals surface area contributed by atoms with Gasteiger partial charge in [0.05, 0.1) is 5.56 Å². The number of rotatable bonds is 4. The highest BCUT2D eigenvalue weighted by atomic mass is 19.4. The molecule has 3 rings (SSSR count). The lowest BCUT2D eigenvalue weighted by atomic mass is 10.0. The maximum atomic E-state index is 13.5. The molecule has 1 N–H and O–H groups in total. The first-order valence-corrected chi connectivity index (χ1v) is 7.75. The molecule has 0 aliphatic rings. The van der Waals surface area contributed by atoms with Crippen LogP contribution in [0.1, 0.15) is 32.7 Å². The van der Waals surface area contributed by atoms with E-state index in [1.807, 2.05) is 0 Å². The van der Waals surface area contributed by atoms with Gasteiger partial charge in [-0.3, -0.25) is 0 Å². The summed E-state index contributed by atoms with van der Waals surface area (Å²) in [5, 5.41) is 13.0. The molecule has 9 heteroatoms. The Morgan fingerprint density at radius 2 is 1.93 bits per heavy atom. The summed E-state index contributed by atoms with van der Waals surface area (Å²) >= 11 is 0. The van der Waals surface area contributed by atoms with Crippen molar-refractivity contribution in [3.05, 3.63) is 76.5 Å². The molecule has 0 radical (unpaired) electrons. The zero-order valence-electron chi connectivity index (χ0n) is 14.0. The minimum atomic E-state index is -4.64. The van der Waals surface area contributed by atoms with E-state index in [0.717, 1.165) is 12.1 Å². The molecule has 5 nitrogen and oxygen atoms in total. The molecule has 0 spiro atoms. The van der Waals surface area contributed by atoms with Crippen molar-refractivity contribution in [2.75, 3.05) is 0 Å². The maximum Gasteiger partial charge on any atom is 0.416 e. The number of aromatic nitrogens is 3. The van der Waals surface area contributed by atoms with Crippen molar-refractivity contribution in [3.63, 3.8) is 0 Å². The number of halogens is 4. The number of hydrogen-bond donors (Lipinski definition) is 1. The van der Waals surface area contributed by atoms with Crippen LogP contribution in [-0.4, -0.2) is 25.8 Å². The number of benzene rings is 1. The predicted molar refractivity (Wildman–Crippen MR) is 87.3 cm³/mol. The van der Waals surface area contributed by atoms with E-state index in [-0.39, 0.29) is 17.7 Å². The van der Waals surface area contributed by atoms with Crippen LogP contribution in [0, 0.1) is 12.7 Å². The number of aromatic carboxylic acids is 1. The number of hydrogen-bond acceptors (Lipinski definition) is 3. The van der Waals surface area contributed by atoms with E-state index in [1.54, 1.807) is 19.1 Å². The first kappa shape index (κ1) is 18.6. The summed E-state index contributed by atoms with van der Waals surface area (Å²) in [6, 6.07) is 5.51. The second-order valence-corrected chi connectivity index (χ2v) is 5.96. The van der Waals surface area contributed by atoms with Crippen molar-refractivity contribution < 1.29 is 27.5 Å². The Balaban J connectivity index is 1.92. The lowest BCUT2D eigenvalue weighted by Crippen LogP contribution is -2.07. The lowest BCUT2D eigenvalue weighted by Gasteiger charge is -2.10. The maximum absolute atomic E-state index is 13.5. The molecular weight excluding hydrogens is 366 g/mol. The van der Waals surface area contributed by atoms with E-state index in [4.69, 9.17) is 5.11 Å². The van der Waals surface area contributed by atoms with E-state index in [2.05, 4.69) is 10.1 Å². The van der Waals surface area contributed by atoms with Crippen LogP contribution in [0.5, 0.6) is 0 Å². The van der Waals surface area contributed by atoms with Gasteiger partial charge in [-0.25, -0.2) is 18.9 Å². The number of aryl methyl sites for hydroxylation is 1. The van der Waals surface area contributed by atoms with Gasteiger partial charge in [0.1, 0.15) is 5.82 Å². The molecule has 2 heterocycles. The topological polar surface area (TPSA) is 68.0 Å². The average molecular weight is 379 g/mol. The van der Waals surface area contributed by atoms with Gasteiger partial charge in [-0.2, -0.15) is 18.3 Å². The standard InChI is InChI=1S/C18H13F4N3O2/c1-10-9-25(24-16(10)17(26)27)15-7-11(2-3-23-15)4-12-5-13(18(20,21)22)8-14(19)6-12/h2-3,5-9H,4H2,1H3,(H,26,27). The lowest BCUT2D eigenvalue weighted by molar-refractivity contribution is -0.137. The Bertz CT molecular complexity index is 1010. The molecule has 0 unspecified atom stereocenters. The summed E-state index contributed by atoms with van der Waals surface area (Å²) < 4.78 is 53.3. The van der Waals surface area contributed by atoms with Crippen molar-refractivity contribution in [3.8, 4) is 5.82 Å². The summed E-state index contributed by atoms with van der Waals surface area (Å²) in [5.74, 6) is -1.85. The highest BCUT2D eigenvalue weighted by Gasteiger charge is 2.31. The van der Waals surface area contributed by atoms with Crippen LogP contribution in [0.15, 0.2) is 42.7 Å². The van der Waals surface area contributed by atoms with Crippen LogP contribution >= 0.6 is 0 Å². The molecule has 0 atom stereocenters. The molecule has 1 aromatic carbocycles. The Labute approximate surface area is 150 Å². The van der Waals surface area contributed by atoms with Crippen molar-refractivity contribution in [2.24, 2.45) is 0 Å². The fourth-order valence-corrected chi connectivity index (χ4v) is 2.64. The third kappa shape index (κ3) is 4.13. The average Bonchev–Trinajstić information content (AvgIpc) is 2.96. The molecule has 3 aromatic rings. The first-order valence-electron chi connectivity index (χ1n) is 7.75.